The van der Waals surface area contributed by atoms with Crippen molar-refractivity contribution in [2.24, 2.45) is 0 Å². The van der Waals surface area contributed by atoms with Gasteiger partial charge in [0.1, 0.15) is 6.04 Å². The van der Waals surface area contributed by atoms with Gasteiger partial charge in [-0.1, -0.05) is 6.07 Å². The molecule has 1 fully saturated rings. The molecule has 0 bridgehead atoms. The summed E-state index contributed by atoms with van der Waals surface area (Å²) in [7, 11) is -3.64. The Kier molecular flexibility index (Phi) is 6.17. The van der Waals surface area contributed by atoms with E-state index in [-0.39, 0.29) is 5.91 Å². The Labute approximate surface area is 173 Å². The molecule has 156 valence electrons. The molecule has 1 N–H and O–H groups in total. The van der Waals surface area contributed by atoms with Crippen LogP contribution in [-0.2, 0) is 14.8 Å². The highest BCUT2D eigenvalue weighted by atomic mass is 32.2. The minimum absolute atomic E-state index is 0.372. The monoisotopic (exact) mass is 415 g/mol. The first-order valence-electron chi connectivity index (χ1n) is 9.89. The molecule has 2 aromatic rings. The van der Waals surface area contributed by atoms with Crippen LogP contribution in [0.1, 0.15) is 30.9 Å². The molecule has 0 saturated carbocycles. The van der Waals surface area contributed by atoms with Crippen LogP contribution in [0.2, 0.25) is 0 Å². The summed E-state index contributed by atoms with van der Waals surface area (Å²) < 4.78 is 26.2. The number of hydrogen-bond acceptors (Lipinski definition) is 4. The number of aryl methyl sites for hydroxylation is 2. The third-order valence-corrected chi connectivity index (χ3v) is 6.40. The average molecular weight is 416 g/mol. The summed E-state index contributed by atoms with van der Waals surface area (Å²) in [6.45, 7) is 7.53. The van der Waals surface area contributed by atoms with Gasteiger partial charge in [0.15, 0.2) is 0 Å². The number of carbonyl (C=O) groups is 1. The molecule has 1 heterocycles. The summed E-state index contributed by atoms with van der Waals surface area (Å²) in [5, 5.41) is 2.85. The molecule has 3 rings (SSSR count). The second kappa shape index (κ2) is 8.45. The van der Waals surface area contributed by atoms with Crippen LogP contribution in [0.3, 0.4) is 0 Å². The summed E-state index contributed by atoms with van der Waals surface area (Å²) in [5.41, 5.74) is 4.18. The fourth-order valence-corrected chi connectivity index (χ4v) is 5.02. The van der Waals surface area contributed by atoms with Gasteiger partial charge in [-0.15, -0.1) is 0 Å². The number of amides is 1. The predicted octanol–water partition coefficient (Wildman–Crippen LogP) is 3.70. The SMILES string of the molecule is Cc1cc(C)cc(N(C(C)C(=O)Nc2ccc(N3CCCC3)cc2)S(C)(=O)=O)c1. The van der Waals surface area contributed by atoms with Gasteiger partial charge < -0.3 is 10.2 Å². The lowest BCUT2D eigenvalue weighted by Crippen LogP contribution is -2.45. The molecule has 1 amide bonds. The topological polar surface area (TPSA) is 69.7 Å². The zero-order valence-electron chi connectivity index (χ0n) is 17.5. The summed E-state index contributed by atoms with van der Waals surface area (Å²) in [6.07, 6.45) is 3.53. The van der Waals surface area contributed by atoms with E-state index in [9.17, 15) is 13.2 Å². The van der Waals surface area contributed by atoms with E-state index >= 15 is 0 Å². The van der Waals surface area contributed by atoms with E-state index in [1.807, 2.05) is 44.2 Å². The van der Waals surface area contributed by atoms with Crippen molar-refractivity contribution in [2.75, 3.05) is 33.9 Å². The van der Waals surface area contributed by atoms with Crippen LogP contribution in [0.15, 0.2) is 42.5 Å². The molecule has 0 radical (unpaired) electrons. The number of hydrogen-bond donors (Lipinski definition) is 1. The molecule has 2 aromatic carbocycles. The molecular weight excluding hydrogens is 386 g/mol. The van der Waals surface area contributed by atoms with Crippen LogP contribution in [-0.4, -0.2) is 39.7 Å². The largest absolute Gasteiger partial charge is 0.372 e. The van der Waals surface area contributed by atoms with Gasteiger partial charge in [0.05, 0.1) is 11.9 Å². The Bertz CT molecular complexity index is 961. The maximum Gasteiger partial charge on any atom is 0.247 e. The summed E-state index contributed by atoms with van der Waals surface area (Å²) in [5.74, 6) is -0.372. The van der Waals surface area contributed by atoms with Crippen LogP contribution in [0.5, 0.6) is 0 Å². The summed E-state index contributed by atoms with van der Waals surface area (Å²) in [6, 6.07) is 12.3. The molecule has 1 saturated heterocycles. The Balaban J connectivity index is 1.79. The van der Waals surface area contributed by atoms with Crippen LogP contribution in [0, 0.1) is 13.8 Å². The van der Waals surface area contributed by atoms with Crippen molar-refractivity contribution in [1.82, 2.24) is 0 Å². The van der Waals surface area contributed by atoms with Crippen molar-refractivity contribution in [3.05, 3.63) is 53.6 Å². The van der Waals surface area contributed by atoms with E-state index in [1.165, 1.54) is 17.1 Å². The Morgan fingerprint density at radius 3 is 2.10 bits per heavy atom. The van der Waals surface area contributed by atoms with Gasteiger partial charge in [0, 0.05) is 24.5 Å². The fourth-order valence-electron chi connectivity index (χ4n) is 3.86. The molecular formula is C22H29N3O3S. The zero-order chi connectivity index (χ0) is 21.2. The van der Waals surface area contributed by atoms with E-state index < -0.39 is 16.1 Å². The van der Waals surface area contributed by atoms with Gasteiger partial charge in [-0.05, 0) is 81.1 Å². The molecule has 1 unspecified atom stereocenters. The molecule has 1 aliphatic rings. The van der Waals surface area contributed by atoms with Gasteiger partial charge in [-0.3, -0.25) is 9.10 Å². The van der Waals surface area contributed by atoms with Crippen molar-refractivity contribution >= 4 is 33.0 Å². The lowest BCUT2D eigenvalue weighted by Gasteiger charge is -2.29. The standard InChI is InChI=1S/C22H29N3O3S/c1-16-13-17(2)15-21(14-16)25(29(4,27)28)18(3)22(26)23-19-7-9-20(10-8-19)24-11-5-6-12-24/h7-10,13-15,18H,5-6,11-12H2,1-4H3,(H,23,26). The van der Waals surface area contributed by atoms with Gasteiger partial charge in [0.2, 0.25) is 15.9 Å². The highest BCUT2D eigenvalue weighted by Crippen LogP contribution is 2.25. The van der Waals surface area contributed by atoms with Crippen molar-refractivity contribution in [2.45, 2.75) is 39.7 Å². The number of rotatable bonds is 6. The van der Waals surface area contributed by atoms with Crippen LogP contribution >= 0.6 is 0 Å². The van der Waals surface area contributed by atoms with Crippen LogP contribution in [0.25, 0.3) is 0 Å². The summed E-state index contributed by atoms with van der Waals surface area (Å²) in [4.78, 5) is 15.2. The highest BCUT2D eigenvalue weighted by molar-refractivity contribution is 7.92. The van der Waals surface area contributed by atoms with Gasteiger partial charge in [-0.2, -0.15) is 0 Å². The first-order valence-corrected chi connectivity index (χ1v) is 11.7. The third-order valence-electron chi connectivity index (χ3n) is 5.16. The molecule has 0 spiro atoms. The fraction of sp³-hybridized carbons (Fsp3) is 0.409. The van der Waals surface area contributed by atoms with E-state index in [0.717, 1.165) is 36.2 Å². The lowest BCUT2D eigenvalue weighted by molar-refractivity contribution is -0.116. The van der Waals surface area contributed by atoms with E-state index in [2.05, 4.69) is 10.2 Å². The molecule has 6 nitrogen and oxygen atoms in total. The van der Waals surface area contributed by atoms with E-state index in [4.69, 9.17) is 0 Å². The maximum atomic E-state index is 12.9. The molecule has 7 heteroatoms. The number of sulfonamides is 1. The van der Waals surface area contributed by atoms with Gasteiger partial charge in [0.25, 0.3) is 0 Å². The van der Waals surface area contributed by atoms with Crippen LogP contribution in [0.4, 0.5) is 17.1 Å². The Morgan fingerprint density at radius 1 is 1.03 bits per heavy atom. The van der Waals surface area contributed by atoms with Crippen molar-refractivity contribution < 1.29 is 13.2 Å². The van der Waals surface area contributed by atoms with Crippen molar-refractivity contribution in [1.29, 1.82) is 0 Å². The number of anilines is 3. The Morgan fingerprint density at radius 2 is 1.59 bits per heavy atom. The molecule has 29 heavy (non-hydrogen) atoms. The van der Waals surface area contributed by atoms with Crippen molar-refractivity contribution in [3.63, 3.8) is 0 Å². The lowest BCUT2D eigenvalue weighted by atomic mass is 10.1. The second-order valence-electron chi connectivity index (χ2n) is 7.81. The number of carbonyl (C=O) groups excluding carboxylic acids is 1. The first kappa shape index (κ1) is 21.2. The maximum absolute atomic E-state index is 12.9. The summed E-state index contributed by atoms with van der Waals surface area (Å²) >= 11 is 0. The molecule has 1 aliphatic heterocycles. The normalized spacial score (nSPS) is 15.2. The number of benzene rings is 2. The predicted molar refractivity (Wildman–Crippen MR) is 119 cm³/mol. The minimum Gasteiger partial charge on any atom is -0.372 e. The number of nitrogens with zero attached hydrogens (tertiary/aromatic N) is 2. The molecule has 0 aromatic heterocycles. The third kappa shape index (κ3) is 5.09. The van der Waals surface area contributed by atoms with E-state index in [1.54, 1.807) is 19.1 Å². The number of nitrogens with one attached hydrogen (secondary N) is 1. The Hall–Kier alpha value is -2.54. The quantitative estimate of drug-likeness (QED) is 0.781. The minimum atomic E-state index is -3.64. The molecule has 0 aliphatic carbocycles. The smallest absolute Gasteiger partial charge is 0.247 e. The average Bonchev–Trinajstić information content (AvgIpc) is 3.15. The van der Waals surface area contributed by atoms with Crippen LogP contribution < -0.4 is 14.5 Å². The zero-order valence-corrected chi connectivity index (χ0v) is 18.3. The highest BCUT2D eigenvalue weighted by Gasteiger charge is 2.29. The van der Waals surface area contributed by atoms with E-state index in [0.29, 0.717) is 11.4 Å². The van der Waals surface area contributed by atoms with Gasteiger partial charge in [-0.25, -0.2) is 8.42 Å². The first-order chi connectivity index (χ1) is 13.6. The van der Waals surface area contributed by atoms with Gasteiger partial charge >= 0.3 is 0 Å². The second-order valence-corrected chi connectivity index (χ2v) is 9.67. The van der Waals surface area contributed by atoms with Crippen molar-refractivity contribution in [3.8, 4) is 0 Å². The molecule has 1 atom stereocenters.